The second-order valence-electron chi connectivity index (χ2n) is 4.86. The van der Waals surface area contributed by atoms with E-state index in [1.165, 1.54) is 10.7 Å². The molecule has 0 aliphatic heterocycles. The Morgan fingerprint density at radius 1 is 1.20 bits per heavy atom. The average Bonchev–Trinajstić information content (AvgIpc) is 2.82. The minimum absolute atomic E-state index is 0.460. The highest BCUT2D eigenvalue weighted by atomic mass is 19.2. The van der Waals surface area contributed by atoms with Gasteiger partial charge in [-0.15, -0.1) is 0 Å². The van der Waals surface area contributed by atoms with E-state index in [2.05, 4.69) is 5.10 Å². The normalized spacial score (nSPS) is 14.1. The van der Waals surface area contributed by atoms with Crippen LogP contribution in [0.4, 0.5) is 13.6 Å². The van der Waals surface area contributed by atoms with E-state index in [1.54, 1.807) is 0 Å². The van der Waals surface area contributed by atoms with Gasteiger partial charge >= 0.3 is 6.03 Å². The Morgan fingerprint density at radius 3 is 2.65 bits per heavy atom. The van der Waals surface area contributed by atoms with Crippen molar-refractivity contribution in [1.29, 1.82) is 0 Å². The molecule has 104 valence electrons. The van der Waals surface area contributed by atoms with Crippen LogP contribution in [0.1, 0.15) is 24.1 Å². The predicted molar refractivity (Wildman–Crippen MR) is 69.2 cm³/mol. The van der Waals surface area contributed by atoms with Crippen LogP contribution in [-0.2, 0) is 12.8 Å². The molecule has 20 heavy (non-hydrogen) atoms. The topological polar surface area (TPSA) is 60.9 Å². The number of fused-ring (bicyclic) bond motifs is 1. The van der Waals surface area contributed by atoms with E-state index in [4.69, 9.17) is 5.73 Å². The van der Waals surface area contributed by atoms with Gasteiger partial charge in [-0.25, -0.2) is 13.6 Å². The fourth-order valence-corrected chi connectivity index (χ4v) is 2.66. The summed E-state index contributed by atoms with van der Waals surface area (Å²) in [4.78, 5) is 11.4. The monoisotopic (exact) mass is 277 g/mol. The summed E-state index contributed by atoms with van der Waals surface area (Å²) in [6.07, 6.45) is 3.42. The first kappa shape index (κ1) is 12.8. The molecule has 1 aliphatic rings. The largest absolute Gasteiger partial charge is 0.350 e. The van der Waals surface area contributed by atoms with Crippen molar-refractivity contribution in [2.45, 2.75) is 25.7 Å². The average molecular weight is 277 g/mol. The molecule has 1 aromatic heterocycles. The van der Waals surface area contributed by atoms with Crippen molar-refractivity contribution in [3.8, 4) is 11.3 Å². The lowest BCUT2D eigenvalue weighted by Crippen LogP contribution is -2.24. The summed E-state index contributed by atoms with van der Waals surface area (Å²) in [5.41, 5.74) is 7.97. The number of amides is 1. The summed E-state index contributed by atoms with van der Waals surface area (Å²) >= 11 is 0. The number of carbonyl (C=O) groups is 1. The summed E-state index contributed by atoms with van der Waals surface area (Å²) in [6, 6.07) is 2.96. The van der Waals surface area contributed by atoms with Crippen LogP contribution in [0.3, 0.4) is 0 Å². The van der Waals surface area contributed by atoms with Crippen LogP contribution >= 0.6 is 0 Å². The van der Waals surface area contributed by atoms with Gasteiger partial charge in [-0.1, -0.05) is 0 Å². The number of hydrogen-bond donors (Lipinski definition) is 1. The number of carbonyl (C=O) groups excluding carboxylic acids is 1. The van der Waals surface area contributed by atoms with Crippen molar-refractivity contribution in [3.63, 3.8) is 0 Å². The van der Waals surface area contributed by atoms with Crippen LogP contribution in [0.25, 0.3) is 11.3 Å². The van der Waals surface area contributed by atoms with Crippen LogP contribution < -0.4 is 5.73 Å². The van der Waals surface area contributed by atoms with E-state index in [-0.39, 0.29) is 0 Å². The number of nitrogens with two attached hydrogens (primary N) is 1. The number of aromatic nitrogens is 2. The van der Waals surface area contributed by atoms with Gasteiger partial charge in [0.15, 0.2) is 11.6 Å². The lowest BCUT2D eigenvalue weighted by molar-refractivity contribution is 0.247. The zero-order valence-electron chi connectivity index (χ0n) is 10.7. The summed E-state index contributed by atoms with van der Waals surface area (Å²) in [6.45, 7) is 0. The van der Waals surface area contributed by atoms with Crippen LogP contribution in [-0.4, -0.2) is 15.8 Å². The van der Waals surface area contributed by atoms with E-state index in [0.29, 0.717) is 11.3 Å². The molecule has 0 atom stereocenters. The van der Waals surface area contributed by atoms with Gasteiger partial charge < -0.3 is 5.73 Å². The van der Waals surface area contributed by atoms with Crippen molar-refractivity contribution in [2.75, 3.05) is 0 Å². The third-order valence-electron chi connectivity index (χ3n) is 3.58. The van der Waals surface area contributed by atoms with Crippen molar-refractivity contribution in [2.24, 2.45) is 5.73 Å². The Hall–Kier alpha value is -2.24. The minimum atomic E-state index is -0.930. The van der Waals surface area contributed by atoms with E-state index < -0.39 is 17.7 Å². The van der Waals surface area contributed by atoms with Crippen LogP contribution in [0.2, 0.25) is 0 Å². The fraction of sp³-hybridized carbons (Fsp3) is 0.286. The molecular formula is C14H13F2N3O. The number of nitrogens with zero attached hydrogens (tertiary/aromatic N) is 2. The maximum atomic E-state index is 13.4. The van der Waals surface area contributed by atoms with E-state index in [1.807, 2.05) is 0 Å². The van der Waals surface area contributed by atoms with Crippen LogP contribution in [0, 0.1) is 11.6 Å². The molecule has 3 rings (SSSR count). The van der Waals surface area contributed by atoms with E-state index >= 15 is 0 Å². The number of primary amides is 1. The molecule has 1 heterocycles. The van der Waals surface area contributed by atoms with Gasteiger partial charge in [-0.05, 0) is 43.9 Å². The molecule has 0 saturated carbocycles. The molecular weight excluding hydrogens is 264 g/mol. The quantitative estimate of drug-likeness (QED) is 0.871. The summed E-state index contributed by atoms with van der Waals surface area (Å²) in [5, 5.41) is 4.19. The lowest BCUT2D eigenvalue weighted by Gasteiger charge is -2.12. The number of benzene rings is 1. The first-order valence-electron chi connectivity index (χ1n) is 6.44. The molecule has 0 unspecified atom stereocenters. The van der Waals surface area contributed by atoms with Gasteiger partial charge in [0.1, 0.15) is 0 Å². The standard InChI is InChI=1S/C14H13F2N3O/c15-10-6-5-8(7-11(10)16)13-9-3-1-2-4-12(9)19(18-13)14(17)20/h5-7H,1-4H2,(H2,17,20). The Balaban J connectivity index is 2.18. The molecule has 1 amide bonds. The molecule has 4 nitrogen and oxygen atoms in total. The first-order valence-corrected chi connectivity index (χ1v) is 6.44. The Labute approximate surface area is 114 Å². The highest BCUT2D eigenvalue weighted by molar-refractivity contribution is 5.77. The number of halogens is 2. The highest BCUT2D eigenvalue weighted by Gasteiger charge is 2.24. The predicted octanol–water partition coefficient (Wildman–Crippen LogP) is 2.63. The summed E-state index contributed by atoms with van der Waals surface area (Å²) in [7, 11) is 0. The smallest absolute Gasteiger partial charge is 0.339 e. The molecule has 0 saturated heterocycles. The Bertz CT molecular complexity index is 694. The number of hydrogen-bond acceptors (Lipinski definition) is 2. The zero-order valence-corrected chi connectivity index (χ0v) is 10.7. The molecule has 2 N–H and O–H groups in total. The van der Waals surface area contributed by atoms with Gasteiger partial charge in [0, 0.05) is 11.1 Å². The van der Waals surface area contributed by atoms with Gasteiger partial charge in [0.05, 0.1) is 11.4 Å². The summed E-state index contributed by atoms with van der Waals surface area (Å²) in [5.74, 6) is -1.84. The molecule has 0 fully saturated rings. The molecule has 6 heteroatoms. The third kappa shape index (κ3) is 1.97. The first-order chi connectivity index (χ1) is 9.58. The molecule has 0 bridgehead atoms. The van der Waals surface area contributed by atoms with E-state index in [9.17, 15) is 13.6 Å². The van der Waals surface area contributed by atoms with Crippen molar-refractivity contribution in [1.82, 2.24) is 9.78 Å². The Kier molecular flexibility index (Phi) is 3.00. The maximum absolute atomic E-state index is 13.4. The SMILES string of the molecule is NC(=O)n1nc(-c2ccc(F)c(F)c2)c2c1CCCC2. The lowest BCUT2D eigenvalue weighted by atomic mass is 9.93. The van der Waals surface area contributed by atoms with Crippen molar-refractivity contribution in [3.05, 3.63) is 41.1 Å². The van der Waals surface area contributed by atoms with Crippen LogP contribution in [0.15, 0.2) is 18.2 Å². The molecule has 1 aromatic carbocycles. The Morgan fingerprint density at radius 2 is 1.95 bits per heavy atom. The molecule has 0 radical (unpaired) electrons. The van der Waals surface area contributed by atoms with Crippen LogP contribution in [0.5, 0.6) is 0 Å². The third-order valence-corrected chi connectivity index (χ3v) is 3.58. The molecule has 0 spiro atoms. The highest BCUT2D eigenvalue weighted by Crippen LogP contribution is 2.31. The number of rotatable bonds is 1. The van der Waals surface area contributed by atoms with E-state index in [0.717, 1.165) is 49.1 Å². The van der Waals surface area contributed by atoms with Gasteiger partial charge in [0.25, 0.3) is 0 Å². The van der Waals surface area contributed by atoms with Crippen molar-refractivity contribution < 1.29 is 13.6 Å². The zero-order chi connectivity index (χ0) is 14.3. The maximum Gasteiger partial charge on any atom is 0.339 e. The molecule has 2 aromatic rings. The minimum Gasteiger partial charge on any atom is -0.350 e. The van der Waals surface area contributed by atoms with Crippen molar-refractivity contribution >= 4 is 6.03 Å². The van der Waals surface area contributed by atoms with Gasteiger partial charge in [-0.3, -0.25) is 0 Å². The second kappa shape index (κ2) is 4.70. The fourth-order valence-electron chi connectivity index (χ4n) is 2.66. The van der Waals surface area contributed by atoms with Gasteiger partial charge in [-0.2, -0.15) is 9.78 Å². The summed E-state index contributed by atoms with van der Waals surface area (Å²) < 4.78 is 27.5. The molecule has 1 aliphatic carbocycles. The van der Waals surface area contributed by atoms with Gasteiger partial charge in [0.2, 0.25) is 0 Å². The second-order valence-corrected chi connectivity index (χ2v) is 4.86.